The van der Waals surface area contributed by atoms with Gasteiger partial charge in [-0.15, -0.1) is 0 Å². The van der Waals surface area contributed by atoms with E-state index in [9.17, 15) is 16.4 Å². The largest absolute Gasteiger partial charge is 0.310 e. The highest BCUT2D eigenvalue weighted by Gasteiger charge is 2.47. The minimum Gasteiger partial charge on any atom is -0.310 e. The Balaban J connectivity index is 1.11. The van der Waals surface area contributed by atoms with Gasteiger partial charge in [-0.05, 0) is 123 Å². The second-order valence-electron chi connectivity index (χ2n) is 24.0. The number of rotatable bonds is 8. The quantitative estimate of drug-likeness (QED) is 0.141. The average Bonchev–Trinajstić information content (AvgIpc) is 1.15. The number of hydrogen-bond acceptors (Lipinski definition) is 2. The zero-order chi connectivity index (χ0) is 73.6. The Hall–Kier alpha value is -10.9. The Bertz CT molecular complexity index is 5670. The van der Waals surface area contributed by atoms with Crippen LogP contribution in [0.2, 0.25) is 0 Å². The summed E-state index contributed by atoms with van der Waals surface area (Å²) in [5.41, 5.74) is 16.0. The molecule has 0 radical (unpaired) electrons. The third kappa shape index (κ3) is 8.01. The zero-order valence-electron chi connectivity index (χ0n) is 65.3. The van der Waals surface area contributed by atoms with E-state index in [2.05, 4.69) is 128 Å². The number of anilines is 6. The first-order chi connectivity index (χ1) is 50.3. The Labute approximate surface area is 543 Å². The van der Waals surface area contributed by atoms with Crippen molar-refractivity contribution in [3.05, 3.63) is 307 Å². The number of fused-ring (bicyclic) bond motifs is 10. The van der Waals surface area contributed by atoms with Crippen molar-refractivity contribution in [1.82, 2.24) is 9.13 Å². The van der Waals surface area contributed by atoms with Crippen LogP contribution in [-0.4, -0.2) is 15.8 Å². The fourth-order valence-electron chi connectivity index (χ4n) is 14.2. The van der Waals surface area contributed by atoms with E-state index in [1.165, 1.54) is 0 Å². The van der Waals surface area contributed by atoms with Gasteiger partial charge in [0.25, 0.3) is 6.71 Å². The molecule has 2 aliphatic rings. The Morgan fingerprint density at radius 1 is 0.326 bits per heavy atom. The second kappa shape index (κ2) is 20.4. The molecule has 0 N–H and O–H groups in total. The molecule has 0 amide bonds. The average molecular weight is 1160 g/mol. The summed E-state index contributed by atoms with van der Waals surface area (Å²) in [7, 11) is 0. The van der Waals surface area contributed by atoms with Gasteiger partial charge in [0, 0.05) is 66.5 Å². The molecule has 2 aliphatic heterocycles. The maximum Gasteiger partial charge on any atom is 0.252 e. The van der Waals surface area contributed by atoms with Crippen molar-refractivity contribution >= 4 is 101 Å². The Kier molecular flexibility index (Phi) is 8.77. The molecular weight excluding hydrogens is 1080 g/mol. The zero-order valence-corrected chi connectivity index (χ0v) is 49.3. The van der Waals surface area contributed by atoms with Crippen molar-refractivity contribution in [3.63, 3.8) is 0 Å². The molecule has 0 atom stereocenters. The van der Waals surface area contributed by atoms with Crippen molar-refractivity contribution in [2.45, 2.75) is 40.0 Å². The molecule has 0 aliphatic carbocycles. The fourth-order valence-corrected chi connectivity index (χ4v) is 14.2. The van der Waals surface area contributed by atoms with E-state index in [4.69, 9.17) is 5.48 Å². The minimum atomic E-state index is -0.726. The van der Waals surface area contributed by atoms with Gasteiger partial charge in [0.05, 0.1) is 66.7 Å². The van der Waals surface area contributed by atoms with Gasteiger partial charge in [0.1, 0.15) is 0 Å². The molecule has 5 heteroatoms. The molecule has 15 aromatic rings. The summed E-state index contributed by atoms with van der Waals surface area (Å²) in [5, 5.41) is -0.240. The van der Waals surface area contributed by atoms with Crippen molar-refractivity contribution in [2.24, 2.45) is 0 Å². The summed E-state index contributed by atoms with van der Waals surface area (Å²) in [6.45, 7) is 9.71. The lowest BCUT2D eigenvalue weighted by Crippen LogP contribution is -2.62. The van der Waals surface area contributed by atoms with Crippen molar-refractivity contribution in [1.29, 1.82) is 0 Å². The minimum absolute atomic E-state index is 0.0336. The van der Waals surface area contributed by atoms with Crippen molar-refractivity contribution in [3.8, 4) is 55.9 Å². The molecule has 4 heterocycles. The summed E-state index contributed by atoms with van der Waals surface area (Å²) in [5.74, 6) is 0. The van der Waals surface area contributed by atoms with Crippen LogP contribution in [0.5, 0.6) is 0 Å². The van der Waals surface area contributed by atoms with Gasteiger partial charge >= 0.3 is 0 Å². The predicted octanol–water partition coefficient (Wildman–Crippen LogP) is 20.5. The number of nitrogens with zero attached hydrogens (tertiary/aromatic N) is 4. The van der Waals surface area contributed by atoms with E-state index >= 15 is 0 Å². The normalized spacial score (nSPS) is 15.2. The summed E-state index contributed by atoms with van der Waals surface area (Å²) in [6, 6.07) is 57.6. The number of hydrogen-bond donors (Lipinski definition) is 0. The molecule has 17 rings (SSSR count). The predicted molar refractivity (Wildman–Crippen MR) is 379 cm³/mol. The van der Waals surface area contributed by atoms with Gasteiger partial charge in [-0.2, -0.15) is 0 Å². The monoisotopic (exact) mass is 1150 g/mol. The van der Waals surface area contributed by atoms with Gasteiger partial charge in [-0.25, -0.2) is 0 Å². The van der Waals surface area contributed by atoms with Crippen LogP contribution in [0.3, 0.4) is 0 Å². The number of para-hydroxylation sites is 6. The van der Waals surface area contributed by atoms with Crippen molar-refractivity contribution < 1.29 is 21.9 Å². The highest BCUT2D eigenvalue weighted by atomic mass is 15.2. The van der Waals surface area contributed by atoms with Gasteiger partial charge in [0.2, 0.25) is 0 Å². The lowest BCUT2D eigenvalue weighted by molar-refractivity contribution is 0.590. The Morgan fingerprint density at radius 2 is 0.629 bits per heavy atom. The van der Waals surface area contributed by atoms with Crippen LogP contribution in [0.4, 0.5) is 34.1 Å². The number of aromatic nitrogens is 2. The lowest BCUT2D eigenvalue weighted by Gasteiger charge is -2.47. The van der Waals surface area contributed by atoms with Crippen LogP contribution in [0.15, 0.2) is 291 Å². The SMILES string of the molecule is [2H]c1c([2H])c([2H])c2c(c1[2H])c1c([2H])c([2H])c([2H])c([2H])c1n2-c1ccc2c(c1C)N(c1c(-c3ccccc3)cccc1-c1ccccc1)c1cc(C(C)(C)C)cc3c1B2c1ccc(-n2c4c([2H])c([2H])c([2H])c([2H])c4c4c([2H])c([2H])c([2H])c([2H])c42)c(C)c1N3c1c(-c2ccccc2)cccc1-c1ccccc1. The molecule has 13 aromatic carbocycles. The summed E-state index contributed by atoms with van der Waals surface area (Å²) < 4.78 is 154. The summed E-state index contributed by atoms with van der Waals surface area (Å²) in [6.07, 6.45) is 0. The van der Waals surface area contributed by atoms with Crippen molar-refractivity contribution in [2.75, 3.05) is 9.80 Å². The smallest absolute Gasteiger partial charge is 0.252 e. The van der Waals surface area contributed by atoms with Crippen LogP contribution in [0.25, 0.3) is 99.5 Å². The lowest BCUT2D eigenvalue weighted by atomic mass is 9.33. The van der Waals surface area contributed by atoms with E-state index < -0.39 is 109 Å². The van der Waals surface area contributed by atoms with Crippen LogP contribution >= 0.6 is 0 Å². The molecule has 0 spiro atoms. The van der Waals surface area contributed by atoms with E-state index in [-0.39, 0.29) is 43.6 Å². The highest BCUT2D eigenvalue weighted by Crippen LogP contribution is 2.55. The standard InChI is InChI=1S/C84H63BN4/c1-54-71(86-73-44-22-18-36-65(73)66-37-19-23-45-74(66)86)50-48-69-80(54)88(82-61(56-28-10-6-11-29-56)40-26-41-62(82)57-30-12-7-13-31-57)77-52-60(84(3,4)5)53-78-79(77)85(69)70-49-51-72(87-75-46-24-20-38-67(75)68-39-21-25-47-76(68)87)55(2)81(70)89(78)83-63(58-32-14-8-15-33-58)42-27-43-64(83)59-34-16-9-17-35-59/h6-53H,1-5H3/i18D,19D,20D,21D,22D,23D,24D,25D,36D,37D,38D,39D,44D,45D,46D,47D. The number of benzene rings is 13. The van der Waals surface area contributed by atoms with Gasteiger partial charge in [-0.3, -0.25) is 0 Å². The Morgan fingerprint density at radius 3 is 0.933 bits per heavy atom. The molecular formula is C84H63BN4. The third-order valence-corrected chi connectivity index (χ3v) is 18.1. The van der Waals surface area contributed by atoms with Crippen LogP contribution in [0.1, 0.15) is 59.4 Å². The summed E-state index contributed by atoms with van der Waals surface area (Å²) in [4.78, 5) is 4.68. The van der Waals surface area contributed by atoms with Gasteiger partial charge in [0.15, 0.2) is 0 Å². The van der Waals surface area contributed by atoms with Gasteiger partial charge in [-0.1, -0.05) is 263 Å². The van der Waals surface area contributed by atoms with Crippen LogP contribution < -0.4 is 26.2 Å². The van der Waals surface area contributed by atoms with E-state index in [1.807, 2.05) is 111 Å². The first-order valence-corrected chi connectivity index (χ1v) is 29.9. The van der Waals surface area contributed by atoms with E-state index in [0.717, 1.165) is 89.2 Å². The molecule has 0 saturated heterocycles. The summed E-state index contributed by atoms with van der Waals surface area (Å²) >= 11 is 0. The molecule has 0 saturated carbocycles. The van der Waals surface area contributed by atoms with E-state index in [0.29, 0.717) is 33.9 Å². The van der Waals surface area contributed by atoms with Crippen LogP contribution in [0, 0.1) is 13.8 Å². The maximum atomic E-state index is 9.80. The molecule has 89 heavy (non-hydrogen) atoms. The first kappa shape index (κ1) is 38.3. The topological polar surface area (TPSA) is 16.3 Å². The first-order valence-electron chi connectivity index (χ1n) is 37.9. The maximum absolute atomic E-state index is 9.80. The molecule has 0 fully saturated rings. The molecule has 422 valence electrons. The highest BCUT2D eigenvalue weighted by molar-refractivity contribution is 7.00. The molecule has 4 nitrogen and oxygen atoms in total. The van der Waals surface area contributed by atoms with Crippen LogP contribution in [-0.2, 0) is 5.41 Å². The molecule has 2 aromatic heterocycles. The fraction of sp³-hybridized carbons (Fsp3) is 0.0714. The molecule has 0 unspecified atom stereocenters. The van der Waals surface area contributed by atoms with E-state index in [1.54, 1.807) is 9.13 Å². The van der Waals surface area contributed by atoms with Gasteiger partial charge < -0.3 is 18.9 Å². The second-order valence-corrected chi connectivity index (χ2v) is 24.0. The molecule has 0 bridgehead atoms. The third-order valence-electron chi connectivity index (χ3n) is 18.1.